The van der Waals surface area contributed by atoms with Crippen LogP contribution in [0.25, 0.3) is 0 Å². The molecular formula is C12H21N3. The van der Waals surface area contributed by atoms with E-state index in [1.807, 2.05) is 0 Å². The molecule has 0 aliphatic heterocycles. The van der Waals surface area contributed by atoms with E-state index in [1.165, 1.54) is 19.3 Å². The number of nitrogens with zero attached hydrogens (tertiary/aromatic N) is 2. The summed E-state index contributed by atoms with van der Waals surface area (Å²) in [6.07, 6.45) is 4.97. The highest BCUT2D eigenvalue weighted by molar-refractivity contribution is 5.18. The summed E-state index contributed by atoms with van der Waals surface area (Å²) in [5.74, 6) is 1.44. The van der Waals surface area contributed by atoms with Crippen LogP contribution in [0.4, 0.5) is 0 Å². The molecule has 0 amide bonds. The Hall–Kier alpha value is -0.590. The molecule has 84 valence electrons. The molecule has 2 saturated carbocycles. The Morgan fingerprint density at radius 1 is 1.47 bits per heavy atom. The van der Waals surface area contributed by atoms with Crippen molar-refractivity contribution in [2.45, 2.75) is 31.2 Å². The highest BCUT2D eigenvalue weighted by Gasteiger charge is 2.51. The number of nitriles is 1. The van der Waals surface area contributed by atoms with Gasteiger partial charge in [-0.05, 0) is 51.6 Å². The van der Waals surface area contributed by atoms with Crippen molar-refractivity contribution in [3.05, 3.63) is 0 Å². The van der Waals surface area contributed by atoms with Crippen molar-refractivity contribution in [2.75, 3.05) is 27.2 Å². The van der Waals surface area contributed by atoms with Gasteiger partial charge in [0.05, 0.1) is 6.07 Å². The predicted molar refractivity (Wildman–Crippen MR) is 60.3 cm³/mol. The number of hydrogen-bond donors (Lipinski definition) is 1. The highest BCUT2D eigenvalue weighted by atomic mass is 15.1. The second kappa shape index (κ2) is 4.11. The summed E-state index contributed by atoms with van der Waals surface area (Å²) >= 11 is 0. The second-order valence-electron chi connectivity index (χ2n) is 5.39. The third-order valence-electron chi connectivity index (χ3n) is 4.05. The lowest BCUT2D eigenvalue weighted by molar-refractivity contribution is 0.262. The molecule has 0 spiro atoms. The summed E-state index contributed by atoms with van der Waals surface area (Å²) in [5.41, 5.74) is -0.182. The Morgan fingerprint density at radius 2 is 2.27 bits per heavy atom. The minimum absolute atomic E-state index is 0.182. The van der Waals surface area contributed by atoms with Crippen LogP contribution in [0.2, 0.25) is 0 Å². The summed E-state index contributed by atoms with van der Waals surface area (Å²) in [7, 11) is 4.14. The maximum Gasteiger partial charge on any atom is 0.109 e. The molecule has 3 atom stereocenters. The van der Waals surface area contributed by atoms with Crippen molar-refractivity contribution in [2.24, 2.45) is 11.8 Å². The van der Waals surface area contributed by atoms with Crippen molar-refractivity contribution in [1.29, 1.82) is 5.26 Å². The Morgan fingerprint density at radius 3 is 2.73 bits per heavy atom. The summed E-state index contributed by atoms with van der Waals surface area (Å²) < 4.78 is 0. The first kappa shape index (κ1) is 10.9. The molecule has 0 heterocycles. The lowest BCUT2D eigenvalue weighted by Crippen LogP contribution is -2.50. The van der Waals surface area contributed by atoms with Gasteiger partial charge in [-0.25, -0.2) is 0 Å². The Labute approximate surface area is 92.4 Å². The maximum absolute atomic E-state index is 9.38. The fraction of sp³-hybridized carbons (Fsp3) is 0.917. The van der Waals surface area contributed by atoms with E-state index in [-0.39, 0.29) is 5.54 Å². The van der Waals surface area contributed by atoms with E-state index >= 15 is 0 Å². The Kier molecular flexibility index (Phi) is 2.99. The molecule has 2 bridgehead atoms. The van der Waals surface area contributed by atoms with Crippen LogP contribution in [0.1, 0.15) is 25.7 Å². The zero-order chi connectivity index (χ0) is 10.9. The molecule has 0 aromatic rings. The van der Waals surface area contributed by atoms with E-state index in [4.69, 9.17) is 0 Å². The number of hydrogen-bond acceptors (Lipinski definition) is 3. The average molecular weight is 207 g/mol. The van der Waals surface area contributed by atoms with Gasteiger partial charge < -0.3 is 4.90 Å². The largest absolute Gasteiger partial charge is 0.308 e. The predicted octanol–water partition coefficient (Wildman–Crippen LogP) is 1.22. The van der Waals surface area contributed by atoms with E-state index < -0.39 is 0 Å². The van der Waals surface area contributed by atoms with E-state index in [0.29, 0.717) is 5.92 Å². The summed E-state index contributed by atoms with van der Waals surface area (Å²) in [4.78, 5) is 2.16. The molecule has 0 aromatic carbocycles. The fourth-order valence-corrected chi connectivity index (χ4v) is 3.23. The van der Waals surface area contributed by atoms with Crippen LogP contribution in [0.15, 0.2) is 0 Å². The lowest BCUT2D eigenvalue weighted by Gasteiger charge is -2.32. The normalized spacial score (nSPS) is 38.5. The molecular weight excluding hydrogens is 186 g/mol. The quantitative estimate of drug-likeness (QED) is 0.753. The van der Waals surface area contributed by atoms with Gasteiger partial charge in [0.15, 0.2) is 0 Å². The third kappa shape index (κ3) is 2.02. The van der Waals surface area contributed by atoms with Gasteiger partial charge in [-0.1, -0.05) is 0 Å². The molecule has 2 aliphatic carbocycles. The van der Waals surface area contributed by atoms with Crippen molar-refractivity contribution < 1.29 is 0 Å². The first-order valence-electron chi connectivity index (χ1n) is 5.97. The van der Waals surface area contributed by atoms with Crippen molar-refractivity contribution in [3.8, 4) is 6.07 Å². The molecule has 3 unspecified atom stereocenters. The summed E-state index contributed by atoms with van der Waals surface area (Å²) in [5, 5.41) is 12.9. The van der Waals surface area contributed by atoms with E-state index in [0.717, 1.165) is 25.4 Å². The van der Waals surface area contributed by atoms with Gasteiger partial charge >= 0.3 is 0 Å². The summed E-state index contributed by atoms with van der Waals surface area (Å²) in [6, 6.07) is 2.55. The lowest BCUT2D eigenvalue weighted by atomic mass is 9.82. The monoisotopic (exact) mass is 207 g/mol. The third-order valence-corrected chi connectivity index (χ3v) is 4.05. The zero-order valence-electron chi connectivity index (χ0n) is 9.79. The van der Waals surface area contributed by atoms with Crippen LogP contribution < -0.4 is 5.32 Å². The van der Waals surface area contributed by atoms with Crippen LogP contribution in [0, 0.1) is 23.2 Å². The Balaban J connectivity index is 1.90. The van der Waals surface area contributed by atoms with Crippen molar-refractivity contribution in [1.82, 2.24) is 10.2 Å². The molecule has 1 N–H and O–H groups in total. The molecule has 0 saturated heterocycles. The molecule has 2 rings (SSSR count). The van der Waals surface area contributed by atoms with Gasteiger partial charge in [0, 0.05) is 13.1 Å². The number of rotatable bonds is 4. The molecule has 0 aromatic heterocycles. The van der Waals surface area contributed by atoms with E-state index in [9.17, 15) is 5.26 Å². The minimum Gasteiger partial charge on any atom is -0.308 e. The number of likely N-dealkylation sites (N-methyl/N-ethyl adjacent to an activating group) is 1. The van der Waals surface area contributed by atoms with Crippen molar-refractivity contribution in [3.63, 3.8) is 0 Å². The second-order valence-corrected chi connectivity index (χ2v) is 5.39. The molecule has 3 nitrogen and oxygen atoms in total. The Bertz CT molecular complexity index is 269. The fourth-order valence-electron chi connectivity index (χ4n) is 3.23. The first-order chi connectivity index (χ1) is 7.16. The smallest absolute Gasteiger partial charge is 0.109 e. The van der Waals surface area contributed by atoms with E-state index in [1.54, 1.807) is 0 Å². The minimum atomic E-state index is -0.182. The molecule has 2 aliphatic rings. The molecule has 15 heavy (non-hydrogen) atoms. The highest BCUT2D eigenvalue weighted by Crippen LogP contribution is 2.50. The topological polar surface area (TPSA) is 39.1 Å². The van der Waals surface area contributed by atoms with E-state index in [2.05, 4.69) is 30.4 Å². The van der Waals surface area contributed by atoms with Crippen LogP contribution in [-0.4, -0.2) is 37.6 Å². The van der Waals surface area contributed by atoms with Gasteiger partial charge in [-0.3, -0.25) is 5.32 Å². The SMILES string of the molecule is CN(C)CCNC1(C#N)CC2CCC1C2. The number of fused-ring (bicyclic) bond motifs is 2. The standard InChI is InChI=1S/C12H21N3/c1-15(2)6-5-14-12(9-13)8-10-3-4-11(12)7-10/h10-11,14H,3-8H2,1-2H3. The van der Waals surface area contributed by atoms with Gasteiger partial charge in [0.25, 0.3) is 0 Å². The number of nitrogens with one attached hydrogen (secondary N) is 1. The van der Waals surface area contributed by atoms with Crippen molar-refractivity contribution >= 4 is 0 Å². The van der Waals surface area contributed by atoms with Gasteiger partial charge in [-0.2, -0.15) is 5.26 Å². The van der Waals surface area contributed by atoms with Gasteiger partial charge in [0.1, 0.15) is 5.54 Å². The van der Waals surface area contributed by atoms with Crippen LogP contribution in [-0.2, 0) is 0 Å². The van der Waals surface area contributed by atoms with Crippen LogP contribution >= 0.6 is 0 Å². The van der Waals surface area contributed by atoms with Crippen LogP contribution in [0.5, 0.6) is 0 Å². The van der Waals surface area contributed by atoms with Gasteiger partial charge in [-0.15, -0.1) is 0 Å². The average Bonchev–Trinajstić information content (AvgIpc) is 2.77. The zero-order valence-corrected chi connectivity index (χ0v) is 9.79. The van der Waals surface area contributed by atoms with Crippen LogP contribution in [0.3, 0.4) is 0 Å². The van der Waals surface area contributed by atoms with Gasteiger partial charge in [0.2, 0.25) is 0 Å². The first-order valence-corrected chi connectivity index (χ1v) is 5.97. The summed E-state index contributed by atoms with van der Waals surface area (Å²) in [6.45, 7) is 1.95. The molecule has 0 radical (unpaired) electrons. The maximum atomic E-state index is 9.38. The molecule has 3 heteroatoms. The molecule has 2 fully saturated rings.